The Hall–Kier alpha value is -0.160. The second-order valence-electron chi connectivity index (χ2n) is 5.11. The number of hydrazine groups is 1. The van der Waals surface area contributed by atoms with Gasteiger partial charge in [-0.15, -0.1) is 0 Å². The zero-order valence-electron chi connectivity index (χ0n) is 10.2. The summed E-state index contributed by atoms with van der Waals surface area (Å²) in [5, 5.41) is 2.31. The van der Waals surface area contributed by atoms with Crippen LogP contribution < -0.4 is 11.2 Å². The monoisotopic (exact) mass is 227 g/mol. The van der Waals surface area contributed by atoms with Crippen LogP contribution in [0.1, 0.15) is 38.5 Å². The molecular weight excluding hydrogens is 202 g/mol. The molecule has 2 rings (SSSR count). The molecule has 0 radical (unpaired) electrons. The molecule has 0 unspecified atom stereocenters. The first-order valence-electron chi connectivity index (χ1n) is 6.65. The van der Waals surface area contributed by atoms with E-state index in [1.807, 2.05) is 0 Å². The largest absolute Gasteiger partial charge is 0.379 e. The predicted molar refractivity (Wildman–Crippen MR) is 65.0 cm³/mol. The van der Waals surface area contributed by atoms with Gasteiger partial charge in [0, 0.05) is 25.2 Å². The molecule has 0 aromatic heterocycles. The molecule has 2 fully saturated rings. The van der Waals surface area contributed by atoms with Crippen molar-refractivity contribution in [2.45, 2.75) is 44.1 Å². The van der Waals surface area contributed by atoms with Gasteiger partial charge < -0.3 is 10.5 Å². The molecule has 16 heavy (non-hydrogen) atoms. The van der Waals surface area contributed by atoms with E-state index in [-0.39, 0.29) is 5.54 Å². The lowest BCUT2D eigenvalue weighted by Crippen LogP contribution is -2.60. The van der Waals surface area contributed by atoms with Crippen LogP contribution in [0.2, 0.25) is 0 Å². The Morgan fingerprint density at radius 2 is 1.69 bits per heavy atom. The molecule has 0 bridgehead atoms. The van der Waals surface area contributed by atoms with E-state index < -0.39 is 0 Å². The van der Waals surface area contributed by atoms with E-state index in [0.29, 0.717) is 0 Å². The standard InChI is InChI=1S/C12H25N3O/c13-11-12(5-3-1-2-4-6-12)14-15-7-9-16-10-8-15/h14H,1-11,13H2. The van der Waals surface area contributed by atoms with Gasteiger partial charge in [0.25, 0.3) is 0 Å². The summed E-state index contributed by atoms with van der Waals surface area (Å²) < 4.78 is 5.37. The van der Waals surface area contributed by atoms with E-state index in [1.54, 1.807) is 0 Å². The molecule has 1 heterocycles. The van der Waals surface area contributed by atoms with Crippen molar-refractivity contribution in [1.82, 2.24) is 10.4 Å². The normalized spacial score (nSPS) is 27.6. The van der Waals surface area contributed by atoms with Gasteiger partial charge >= 0.3 is 0 Å². The molecule has 0 amide bonds. The number of hydrogen-bond acceptors (Lipinski definition) is 4. The molecular formula is C12H25N3O. The van der Waals surface area contributed by atoms with E-state index in [1.165, 1.54) is 38.5 Å². The summed E-state index contributed by atoms with van der Waals surface area (Å²) in [6.07, 6.45) is 7.81. The number of ether oxygens (including phenoxy) is 1. The second-order valence-corrected chi connectivity index (χ2v) is 5.11. The summed E-state index contributed by atoms with van der Waals surface area (Å²) in [5.41, 5.74) is 9.85. The van der Waals surface area contributed by atoms with Crippen molar-refractivity contribution in [3.63, 3.8) is 0 Å². The number of nitrogens with two attached hydrogens (primary N) is 1. The van der Waals surface area contributed by atoms with E-state index in [0.717, 1.165) is 32.8 Å². The maximum absolute atomic E-state index is 6.00. The molecule has 4 heteroatoms. The first kappa shape index (κ1) is 12.3. The van der Waals surface area contributed by atoms with Crippen LogP contribution in [0.25, 0.3) is 0 Å². The van der Waals surface area contributed by atoms with Crippen molar-refractivity contribution in [3.8, 4) is 0 Å². The van der Waals surface area contributed by atoms with Crippen LogP contribution in [-0.2, 0) is 4.74 Å². The average molecular weight is 227 g/mol. The lowest BCUT2D eigenvalue weighted by Gasteiger charge is -2.40. The van der Waals surface area contributed by atoms with Crippen LogP contribution in [0.5, 0.6) is 0 Å². The maximum atomic E-state index is 6.00. The highest BCUT2D eigenvalue weighted by molar-refractivity contribution is 4.90. The van der Waals surface area contributed by atoms with Gasteiger partial charge in [-0.05, 0) is 12.8 Å². The molecule has 4 nitrogen and oxygen atoms in total. The van der Waals surface area contributed by atoms with Crippen LogP contribution in [0, 0.1) is 0 Å². The third-order valence-electron chi connectivity index (χ3n) is 3.86. The Labute approximate surface area is 98.5 Å². The van der Waals surface area contributed by atoms with Gasteiger partial charge in [0.05, 0.1) is 13.2 Å². The number of nitrogens with zero attached hydrogens (tertiary/aromatic N) is 1. The zero-order chi connectivity index (χ0) is 11.3. The number of nitrogens with one attached hydrogen (secondary N) is 1. The van der Waals surface area contributed by atoms with Crippen LogP contribution in [-0.4, -0.2) is 43.4 Å². The summed E-state index contributed by atoms with van der Waals surface area (Å²) in [6, 6.07) is 0. The lowest BCUT2D eigenvalue weighted by molar-refractivity contribution is -0.0145. The number of hydrogen-bond donors (Lipinski definition) is 2. The molecule has 0 atom stereocenters. The fourth-order valence-electron chi connectivity index (χ4n) is 2.78. The summed E-state index contributed by atoms with van der Waals surface area (Å²) >= 11 is 0. The summed E-state index contributed by atoms with van der Waals surface area (Å²) in [4.78, 5) is 0. The highest BCUT2D eigenvalue weighted by Gasteiger charge is 2.31. The van der Waals surface area contributed by atoms with E-state index in [9.17, 15) is 0 Å². The van der Waals surface area contributed by atoms with Gasteiger partial charge in [-0.3, -0.25) is 0 Å². The van der Waals surface area contributed by atoms with Gasteiger partial charge in [0.15, 0.2) is 0 Å². The highest BCUT2D eigenvalue weighted by atomic mass is 16.5. The van der Waals surface area contributed by atoms with E-state index in [2.05, 4.69) is 10.4 Å². The molecule has 0 aromatic rings. The second kappa shape index (κ2) is 5.96. The number of morpholine rings is 1. The van der Waals surface area contributed by atoms with Gasteiger partial charge in [0.2, 0.25) is 0 Å². The third-order valence-corrected chi connectivity index (χ3v) is 3.86. The molecule has 2 aliphatic rings. The van der Waals surface area contributed by atoms with Crippen molar-refractivity contribution in [1.29, 1.82) is 0 Å². The average Bonchev–Trinajstić information content (AvgIpc) is 2.57. The summed E-state index contributed by atoms with van der Waals surface area (Å²) in [5.74, 6) is 0. The summed E-state index contributed by atoms with van der Waals surface area (Å²) in [6.45, 7) is 4.41. The topological polar surface area (TPSA) is 50.5 Å². The smallest absolute Gasteiger partial charge is 0.0608 e. The highest BCUT2D eigenvalue weighted by Crippen LogP contribution is 2.26. The molecule has 0 spiro atoms. The maximum Gasteiger partial charge on any atom is 0.0608 e. The molecule has 0 aromatic carbocycles. The van der Waals surface area contributed by atoms with Crippen LogP contribution in [0.4, 0.5) is 0 Å². The quantitative estimate of drug-likeness (QED) is 0.703. The van der Waals surface area contributed by atoms with Gasteiger partial charge in [-0.25, -0.2) is 10.4 Å². The van der Waals surface area contributed by atoms with E-state index in [4.69, 9.17) is 10.5 Å². The molecule has 1 saturated carbocycles. The van der Waals surface area contributed by atoms with Crippen LogP contribution >= 0.6 is 0 Å². The van der Waals surface area contributed by atoms with Gasteiger partial charge in [0.1, 0.15) is 0 Å². The minimum Gasteiger partial charge on any atom is -0.379 e. The minimum atomic E-state index is 0.161. The van der Waals surface area contributed by atoms with E-state index >= 15 is 0 Å². The van der Waals surface area contributed by atoms with Gasteiger partial charge in [-0.2, -0.15) is 0 Å². The van der Waals surface area contributed by atoms with Crippen molar-refractivity contribution >= 4 is 0 Å². The molecule has 1 saturated heterocycles. The first-order valence-corrected chi connectivity index (χ1v) is 6.65. The fraction of sp³-hybridized carbons (Fsp3) is 1.00. The SMILES string of the molecule is NCC1(NN2CCOCC2)CCCCCC1. The summed E-state index contributed by atoms with van der Waals surface area (Å²) in [7, 11) is 0. The Kier molecular flexibility index (Phi) is 4.58. The first-order chi connectivity index (χ1) is 7.85. The van der Waals surface area contributed by atoms with Crippen molar-refractivity contribution in [2.75, 3.05) is 32.8 Å². The van der Waals surface area contributed by atoms with Crippen LogP contribution in [0.3, 0.4) is 0 Å². The Morgan fingerprint density at radius 1 is 1.06 bits per heavy atom. The fourth-order valence-corrected chi connectivity index (χ4v) is 2.78. The Morgan fingerprint density at radius 3 is 2.25 bits per heavy atom. The molecule has 1 aliphatic heterocycles. The Balaban J connectivity index is 1.90. The number of rotatable bonds is 3. The van der Waals surface area contributed by atoms with Crippen molar-refractivity contribution in [2.24, 2.45) is 5.73 Å². The van der Waals surface area contributed by atoms with Crippen LogP contribution in [0.15, 0.2) is 0 Å². The Bertz CT molecular complexity index is 196. The minimum absolute atomic E-state index is 0.161. The van der Waals surface area contributed by atoms with Crippen molar-refractivity contribution in [3.05, 3.63) is 0 Å². The lowest BCUT2D eigenvalue weighted by atomic mass is 9.91. The zero-order valence-corrected chi connectivity index (χ0v) is 10.2. The predicted octanol–water partition coefficient (Wildman–Crippen LogP) is 0.875. The molecule has 3 N–H and O–H groups in total. The third kappa shape index (κ3) is 3.17. The van der Waals surface area contributed by atoms with Crippen molar-refractivity contribution < 1.29 is 4.74 Å². The molecule has 1 aliphatic carbocycles. The molecule has 94 valence electrons. The van der Waals surface area contributed by atoms with Gasteiger partial charge in [-0.1, -0.05) is 25.7 Å².